The van der Waals surface area contributed by atoms with E-state index in [0.29, 0.717) is 6.54 Å². The highest BCUT2D eigenvalue weighted by molar-refractivity contribution is 5.88. The Hall–Kier alpha value is -2.70. The van der Waals surface area contributed by atoms with Crippen molar-refractivity contribution in [2.24, 2.45) is 0 Å². The van der Waals surface area contributed by atoms with Crippen LogP contribution in [0.2, 0.25) is 0 Å². The number of nitrogens with one attached hydrogen (secondary N) is 1. The predicted molar refractivity (Wildman–Crippen MR) is 75.4 cm³/mol. The SMILES string of the molecule is CCCn1ccnc(Nc2ccc(C(=O)O)cc2F)c1=O. The lowest BCUT2D eigenvalue weighted by molar-refractivity contribution is 0.0696. The van der Waals surface area contributed by atoms with Crippen LogP contribution in [-0.2, 0) is 6.54 Å². The Balaban J connectivity index is 2.32. The van der Waals surface area contributed by atoms with E-state index >= 15 is 0 Å². The molecule has 0 unspecified atom stereocenters. The average molecular weight is 291 g/mol. The summed E-state index contributed by atoms with van der Waals surface area (Å²) in [4.78, 5) is 26.7. The molecule has 0 atom stereocenters. The number of aryl methyl sites for hydroxylation is 1. The van der Waals surface area contributed by atoms with E-state index in [9.17, 15) is 14.0 Å². The molecule has 1 aromatic heterocycles. The minimum atomic E-state index is -1.22. The number of carboxylic acids is 1. The van der Waals surface area contributed by atoms with Crippen molar-refractivity contribution in [2.75, 3.05) is 5.32 Å². The fourth-order valence-electron chi connectivity index (χ4n) is 1.83. The summed E-state index contributed by atoms with van der Waals surface area (Å²) < 4.78 is 15.3. The second kappa shape index (κ2) is 6.17. The average Bonchev–Trinajstić information content (AvgIpc) is 2.45. The molecule has 1 aromatic carbocycles. The maximum absolute atomic E-state index is 13.8. The van der Waals surface area contributed by atoms with E-state index in [2.05, 4.69) is 10.3 Å². The first kappa shape index (κ1) is 14.7. The molecule has 0 bridgehead atoms. The zero-order valence-electron chi connectivity index (χ0n) is 11.3. The van der Waals surface area contributed by atoms with Gasteiger partial charge in [-0.2, -0.15) is 0 Å². The predicted octanol–water partition coefficient (Wildman–Crippen LogP) is 2.23. The van der Waals surface area contributed by atoms with Gasteiger partial charge in [0.2, 0.25) is 0 Å². The molecule has 2 rings (SSSR count). The van der Waals surface area contributed by atoms with Crippen molar-refractivity contribution in [1.29, 1.82) is 0 Å². The topological polar surface area (TPSA) is 84.2 Å². The lowest BCUT2D eigenvalue weighted by Gasteiger charge is -2.09. The lowest BCUT2D eigenvalue weighted by atomic mass is 10.2. The van der Waals surface area contributed by atoms with Gasteiger partial charge in [-0.15, -0.1) is 0 Å². The summed E-state index contributed by atoms with van der Waals surface area (Å²) in [5, 5.41) is 11.4. The molecule has 1 heterocycles. The van der Waals surface area contributed by atoms with Crippen molar-refractivity contribution in [2.45, 2.75) is 19.9 Å². The fraction of sp³-hybridized carbons (Fsp3) is 0.214. The van der Waals surface area contributed by atoms with Crippen LogP contribution in [0.4, 0.5) is 15.9 Å². The number of carboxylic acid groups (broad SMARTS) is 1. The molecule has 0 radical (unpaired) electrons. The summed E-state index contributed by atoms with van der Waals surface area (Å²) in [6.45, 7) is 2.47. The molecule has 21 heavy (non-hydrogen) atoms. The molecular weight excluding hydrogens is 277 g/mol. The Morgan fingerprint density at radius 3 is 2.86 bits per heavy atom. The number of hydrogen-bond donors (Lipinski definition) is 2. The van der Waals surface area contributed by atoms with Crippen LogP contribution in [0.5, 0.6) is 0 Å². The largest absolute Gasteiger partial charge is 0.478 e. The van der Waals surface area contributed by atoms with Gasteiger partial charge in [0.1, 0.15) is 5.82 Å². The van der Waals surface area contributed by atoms with Gasteiger partial charge in [0, 0.05) is 18.9 Å². The maximum atomic E-state index is 13.8. The van der Waals surface area contributed by atoms with Crippen LogP contribution in [0, 0.1) is 5.82 Å². The number of carbonyl (C=O) groups is 1. The highest BCUT2D eigenvalue weighted by Gasteiger charge is 2.11. The summed E-state index contributed by atoms with van der Waals surface area (Å²) >= 11 is 0. The summed E-state index contributed by atoms with van der Waals surface area (Å²) in [7, 11) is 0. The zero-order chi connectivity index (χ0) is 15.4. The third-order valence-corrected chi connectivity index (χ3v) is 2.85. The van der Waals surface area contributed by atoms with Crippen molar-refractivity contribution in [3.63, 3.8) is 0 Å². The van der Waals surface area contributed by atoms with Crippen LogP contribution in [0.25, 0.3) is 0 Å². The van der Waals surface area contributed by atoms with E-state index in [0.717, 1.165) is 12.5 Å². The minimum absolute atomic E-state index is 0.00107. The molecule has 7 heteroatoms. The van der Waals surface area contributed by atoms with Gasteiger partial charge in [0.05, 0.1) is 11.3 Å². The maximum Gasteiger partial charge on any atom is 0.335 e. The molecule has 0 saturated heterocycles. The van der Waals surface area contributed by atoms with Crippen LogP contribution in [0.15, 0.2) is 35.4 Å². The Morgan fingerprint density at radius 1 is 1.48 bits per heavy atom. The Kier molecular flexibility index (Phi) is 4.32. The molecule has 0 saturated carbocycles. The number of nitrogens with zero attached hydrogens (tertiary/aromatic N) is 2. The number of halogens is 1. The standard InChI is InChI=1S/C14H14FN3O3/c1-2-6-18-7-5-16-12(13(18)19)17-11-4-3-9(14(20)21)8-10(11)15/h3-5,7-8H,2,6H2,1H3,(H,16,17)(H,20,21). The van der Waals surface area contributed by atoms with E-state index in [-0.39, 0.29) is 22.6 Å². The summed E-state index contributed by atoms with van der Waals surface area (Å²) in [6, 6.07) is 3.40. The van der Waals surface area contributed by atoms with E-state index in [1.165, 1.54) is 22.9 Å². The number of rotatable bonds is 5. The van der Waals surface area contributed by atoms with Crippen molar-refractivity contribution < 1.29 is 14.3 Å². The van der Waals surface area contributed by atoms with Crippen LogP contribution >= 0.6 is 0 Å². The lowest BCUT2D eigenvalue weighted by Crippen LogP contribution is -2.23. The molecule has 110 valence electrons. The van der Waals surface area contributed by atoms with Crippen molar-refractivity contribution in [1.82, 2.24) is 9.55 Å². The van der Waals surface area contributed by atoms with E-state index in [4.69, 9.17) is 5.11 Å². The van der Waals surface area contributed by atoms with Crippen molar-refractivity contribution in [3.8, 4) is 0 Å². The molecule has 0 fully saturated rings. The van der Waals surface area contributed by atoms with Gasteiger partial charge in [-0.25, -0.2) is 14.2 Å². The van der Waals surface area contributed by atoms with Crippen LogP contribution in [0.1, 0.15) is 23.7 Å². The monoisotopic (exact) mass is 291 g/mol. The Labute approximate surface area is 119 Å². The summed E-state index contributed by atoms with van der Waals surface area (Å²) in [5.41, 5.74) is -0.526. The molecular formula is C14H14FN3O3. The minimum Gasteiger partial charge on any atom is -0.478 e. The van der Waals surface area contributed by atoms with E-state index < -0.39 is 11.8 Å². The second-order valence-electron chi connectivity index (χ2n) is 4.40. The second-order valence-corrected chi connectivity index (χ2v) is 4.40. The third-order valence-electron chi connectivity index (χ3n) is 2.85. The first-order chi connectivity index (χ1) is 10.0. The molecule has 0 aliphatic heterocycles. The highest BCUT2D eigenvalue weighted by Crippen LogP contribution is 2.18. The fourth-order valence-corrected chi connectivity index (χ4v) is 1.83. The quantitative estimate of drug-likeness (QED) is 0.882. The van der Waals surface area contributed by atoms with Crippen molar-refractivity contribution >= 4 is 17.5 Å². The molecule has 2 aromatic rings. The number of anilines is 2. The zero-order valence-corrected chi connectivity index (χ0v) is 11.3. The van der Waals surface area contributed by atoms with Crippen LogP contribution in [0.3, 0.4) is 0 Å². The molecule has 0 amide bonds. The van der Waals surface area contributed by atoms with Gasteiger partial charge < -0.3 is 15.0 Å². The molecule has 6 nitrogen and oxygen atoms in total. The van der Waals surface area contributed by atoms with Gasteiger partial charge in [0.15, 0.2) is 5.82 Å². The third kappa shape index (κ3) is 3.25. The number of hydrogen-bond acceptors (Lipinski definition) is 4. The van der Waals surface area contributed by atoms with Gasteiger partial charge in [-0.1, -0.05) is 6.92 Å². The van der Waals surface area contributed by atoms with Gasteiger partial charge in [-0.3, -0.25) is 4.79 Å². The van der Waals surface area contributed by atoms with Crippen LogP contribution < -0.4 is 10.9 Å². The number of aromatic nitrogens is 2. The number of benzene rings is 1. The normalized spacial score (nSPS) is 10.4. The summed E-state index contributed by atoms with van der Waals surface area (Å²) in [5.74, 6) is -1.99. The Morgan fingerprint density at radius 2 is 2.24 bits per heavy atom. The molecule has 0 aliphatic rings. The summed E-state index contributed by atoms with van der Waals surface area (Å²) in [6.07, 6.45) is 3.79. The van der Waals surface area contributed by atoms with E-state index in [1.807, 2.05) is 6.92 Å². The van der Waals surface area contributed by atoms with Gasteiger partial charge >= 0.3 is 5.97 Å². The van der Waals surface area contributed by atoms with Crippen LogP contribution in [-0.4, -0.2) is 20.6 Å². The van der Waals surface area contributed by atoms with E-state index in [1.54, 1.807) is 6.20 Å². The molecule has 2 N–H and O–H groups in total. The first-order valence-corrected chi connectivity index (χ1v) is 6.38. The Bertz CT molecular complexity index is 728. The number of aromatic carboxylic acids is 1. The smallest absolute Gasteiger partial charge is 0.335 e. The first-order valence-electron chi connectivity index (χ1n) is 6.38. The van der Waals surface area contributed by atoms with Gasteiger partial charge in [-0.05, 0) is 24.6 Å². The van der Waals surface area contributed by atoms with Gasteiger partial charge in [0.25, 0.3) is 5.56 Å². The van der Waals surface area contributed by atoms with Crippen molar-refractivity contribution in [3.05, 3.63) is 52.3 Å². The molecule has 0 aliphatic carbocycles. The highest BCUT2D eigenvalue weighted by atomic mass is 19.1. The molecule has 0 spiro atoms.